The highest BCUT2D eigenvalue weighted by Crippen LogP contribution is 2.34. The lowest BCUT2D eigenvalue weighted by molar-refractivity contribution is -0.129. The molecule has 1 aromatic carbocycles. The molecular weight excluding hydrogens is 336 g/mol. The lowest BCUT2D eigenvalue weighted by Gasteiger charge is -2.32. The van der Waals surface area contributed by atoms with E-state index in [1.807, 2.05) is 4.90 Å². The number of hydrogen-bond acceptors (Lipinski definition) is 4. The van der Waals surface area contributed by atoms with Gasteiger partial charge in [-0.25, -0.2) is 9.97 Å². The second-order valence-electron chi connectivity index (χ2n) is 7.67. The fourth-order valence-corrected chi connectivity index (χ4v) is 4.40. The normalized spacial score (nSPS) is 19.3. The van der Waals surface area contributed by atoms with Crippen LogP contribution >= 0.6 is 0 Å². The van der Waals surface area contributed by atoms with Gasteiger partial charge in [0.2, 0.25) is 5.91 Å². The first-order valence-corrected chi connectivity index (χ1v) is 10.1. The number of nitrogens with zero attached hydrogens (tertiary/aromatic N) is 4. The van der Waals surface area contributed by atoms with E-state index in [4.69, 9.17) is 9.97 Å². The molecule has 1 saturated heterocycles. The molecule has 3 heterocycles. The molecule has 4 rings (SSSR count). The first kappa shape index (κ1) is 18.0. The van der Waals surface area contributed by atoms with Gasteiger partial charge in [-0.05, 0) is 44.6 Å². The average Bonchev–Trinajstić information content (AvgIpc) is 3.17. The number of rotatable bonds is 4. The molecular formula is C22H28N4O. The molecule has 0 aliphatic carbocycles. The van der Waals surface area contributed by atoms with Gasteiger partial charge in [0.15, 0.2) is 5.82 Å². The minimum absolute atomic E-state index is 0.0319. The van der Waals surface area contributed by atoms with E-state index in [0.29, 0.717) is 0 Å². The van der Waals surface area contributed by atoms with E-state index < -0.39 is 0 Å². The molecule has 0 radical (unpaired) electrons. The number of aromatic nitrogens is 2. The quantitative estimate of drug-likeness (QED) is 0.834. The van der Waals surface area contributed by atoms with Gasteiger partial charge < -0.3 is 9.80 Å². The number of anilines is 1. The van der Waals surface area contributed by atoms with E-state index in [-0.39, 0.29) is 11.9 Å². The minimum Gasteiger partial charge on any atom is -0.356 e. The summed E-state index contributed by atoms with van der Waals surface area (Å²) in [6, 6.07) is 10.7. The number of likely N-dealkylation sites (tertiary alicyclic amines) is 1. The van der Waals surface area contributed by atoms with E-state index in [9.17, 15) is 4.79 Å². The maximum absolute atomic E-state index is 12.0. The standard InChI is InChI=1S/C22H28N4O/c1-16-19-10-6-13-25(15-12-18-8-4-3-5-9-18)22(19)24-21(23-16)20-11-7-14-26(20)17(2)27/h3-5,8-9,20H,6-7,10-15H2,1-2H3/t20-/m1/s1. The number of hydrogen-bond donors (Lipinski definition) is 0. The predicted molar refractivity (Wildman–Crippen MR) is 107 cm³/mol. The summed E-state index contributed by atoms with van der Waals surface area (Å²) in [5.74, 6) is 2.04. The lowest BCUT2D eigenvalue weighted by Crippen LogP contribution is -2.35. The fourth-order valence-electron chi connectivity index (χ4n) is 4.40. The fraction of sp³-hybridized carbons (Fsp3) is 0.500. The Morgan fingerprint density at radius 3 is 2.74 bits per heavy atom. The Morgan fingerprint density at radius 1 is 1.15 bits per heavy atom. The average molecular weight is 364 g/mol. The van der Waals surface area contributed by atoms with E-state index in [0.717, 1.165) is 69.1 Å². The SMILES string of the molecule is CC(=O)N1CCC[C@@H]1c1nc(C)c2c(n1)N(CCc1ccccc1)CCC2. The van der Waals surface area contributed by atoms with Crippen molar-refractivity contribution in [3.8, 4) is 0 Å². The molecule has 1 amide bonds. The Bertz CT molecular complexity index is 821. The summed E-state index contributed by atoms with van der Waals surface area (Å²) >= 11 is 0. The molecule has 2 aliphatic rings. The maximum Gasteiger partial charge on any atom is 0.220 e. The van der Waals surface area contributed by atoms with Crippen molar-refractivity contribution in [2.24, 2.45) is 0 Å². The van der Waals surface area contributed by atoms with Crippen LogP contribution in [0.1, 0.15) is 54.9 Å². The Balaban J connectivity index is 1.61. The van der Waals surface area contributed by atoms with E-state index in [2.05, 4.69) is 42.2 Å². The number of benzene rings is 1. The number of carbonyl (C=O) groups is 1. The molecule has 1 aromatic heterocycles. The summed E-state index contributed by atoms with van der Waals surface area (Å²) < 4.78 is 0. The van der Waals surface area contributed by atoms with Crippen LogP contribution in [0.4, 0.5) is 5.82 Å². The predicted octanol–water partition coefficient (Wildman–Crippen LogP) is 3.46. The van der Waals surface area contributed by atoms with Gasteiger partial charge >= 0.3 is 0 Å². The third-order valence-corrected chi connectivity index (χ3v) is 5.83. The lowest BCUT2D eigenvalue weighted by atomic mass is 10.0. The van der Waals surface area contributed by atoms with Gasteiger partial charge in [-0.2, -0.15) is 0 Å². The van der Waals surface area contributed by atoms with Crippen LogP contribution in [0.2, 0.25) is 0 Å². The van der Waals surface area contributed by atoms with Gasteiger partial charge in [-0.3, -0.25) is 4.79 Å². The Morgan fingerprint density at radius 2 is 1.96 bits per heavy atom. The van der Waals surface area contributed by atoms with Crippen LogP contribution in [0, 0.1) is 6.92 Å². The molecule has 0 unspecified atom stereocenters. The van der Waals surface area contributed by atoms with E-state index >= 15 is 0 Å². The first-order valence-electron chi connectivity index (χ1n) is 10.1. The zero-order chi connectivity index (χ0) is 18.8. The van der Waals surface area contributed by atoms with Crippen LogP contribution < -0.4 is 4.90 Å². The number of aryl methyl sites for hydroxylation is 1. The van der Waals surface area contributed by atoms with Crippen LogP contribution in [-0.2, 0) is 17.6 Å². The molecule has 0 spiro atoms. The van der Waals surface area contributed by atoms with Gasteiger partial charge in [-0.1, -0.05) is 30.3 Å². The molecule has 27 heavy (non-hydrogen) atoms. The Labute approximate surface area is 161 Å². The molecule has 142 valence electrons. The van der Waals surface area contributed by atoms with Gasteiger partial charge in [-0.15, -0.1) is 0 Å². The minimum atomic E-state index is 0.0319. The molecule has 2 aromatic rings. The molecule has 5 heteroatoms. The topological polar surface area (TPSA) is 49.3 Å². The highest BCUT2D eigenvalue weighted by Gasteiger charge is 2.32. The summed E-state index contributed by atoms with van der Waals surface area (Å²) in [6.07, 6.45) is 5.20. The van der Waals surface area contributed by atoms with Crippen molar-refractivity contribution in [3.05, 3.63) is 53.0 Å². The smallest absolute Gasteiger partial charge is 0.220 e. The largest absolute Gasteiger partial charge is 0.356 e. The van der Waals surface area contributed by atoms with Crippen molar-refractivity contribution in [1.29, 1.82) is 0 Å². The maximum atomic E-state index is 12.0. The second-order valence-corrected chi connectivity index (χ2v) is 7.67. The molecule has 0 bridgehead atoms. The van der Waals surface area contributed by atoms with Crippen molar-refractivity contribution in [3.63, 3.8) is 0 Å². The molecule has 1 atom stereocenters. The van der Waals surface area contributed by atoms with Crippen molar-refractivity contribution >= 4 is 11.7 Å². The van der Waals surface area contributed by atoms with Crippen LogP contribution in [0.15, 0.2) is 30.3 Å². The zero-order valence-corrected chi connectivity index (χ0v) is 16.3. The van der Waals surface area contributed by atoms with Crippen LogP contribution in [0.3, 0.4) is 0 Å². The summed E-state index contributed by atoms with van der Waals surface area (Å²) in [5, 5.41) is 0. The number of carbonyl (C=O) groups excluding carboxylic acids is 1. The third kappa shape index (κ3) is 3.68. The van der Waals surface area contributed by atoms with Crippen molar-refractivity contribution in [2.45, 2.75) is 52.0 Å². The number of fused-ring (bicyclic) bond motifs is 1. The molecule has 5 nitrogen and oxygen atoms in total. The summed E-state index contributed by atoms with van der Waals surface area (Å²) in [5.41, 5.74) is 3.72. The molecule has 1 fully saturated rings. The van der Waals surface area contributed by atoms with Crippen molar-refractivity contribution in [1.82, 2.24) is 14.9 Å². The molecule has 0 N–H and O–H groups in total. The van der Waals surface area contributed by atoms with Gasteiger partial charge in [0.25, 0.3) is 0 Å². The van der Waals surface area contributed by atoms with Gasteiger partial charge in [0.1, 0.15) is 5.82 Å². The first-order chi connectivity index (χ1) is 13.1. The summed E-state index contributed by atoms with van der Waals surface area (Å²) in [7, 11) is 0. The highest BCUT2D eigenvalue weighted by molar-refractivity contribution is 5.74. The monoisotopic (exact) mass is 364 g/mol. The zero-order valence-electron chi connectivity index (χ0n) is 16.3. The third-order valence-electron chi connectivity index (χ3n) is 5.83. The van der Waals surface area contributed by atoms with Crippen LogP contribution in [0.5, 0.6) is 0 Å². The molecule has 2 aliphatic heterocycles. The van der Waals surface area contributed by atoms with Crippen LogP contribution in [-0.4, -0.2) is 40.4 Å². The van der Waals surface area contributed by atoms with E-state index in [1.54, 1.807) is 6.92 Å². The van der Waals surface area contributed by atoms with Gasteiger partial charge in [0, 0.05) is 37.8 Å². The van der Waals surface area contributed by atoms with Crippen LogP contribution in [0.25, 0.3) is 0 Å². The second kappa shape index (κ2) is 7.67. The van der Waals surface area contributed by atoms with Crippen molar-refractivity contribution in [2.75, 3.05) is 24.5 Å². The van der Waals surface area contributed by atoms with Crippen molar-refractivity contribution < 1.29 is 4.79 Å². The Hall–Kier alpha value is -2.43. The molecule has 0 saturated carbocycles. The number of amides is 1. The van der Waals surface area contributed by atoms with E-state index in [1.165, 1.54) is 11.1 Å². The highest BCUT2D eigenvalue weighted by atomic mass is 16.2. The van der Waals surface area contributed by atoms with Gasteiger partial charge in [0.05, 0.1) is 6.04 Å². The summed E-state index contributed by atoms with van der Waals surface area (Å²) in [6.45, 7) is 6.57. The summed E-state index contributed by atoms with van der Waals surface area (Å²) in [4.78, 5) is 26.2. The Kier molecular flexibility index (Phi) is 5.10.